The first kappa shape index (κ1) is 14.4. The van der Waals surface area contributed by atoms with Gasteiger partial charge in [0.25, 0.3) is 0 Å². The fourth-order valence-corrected chi connectivity index (χ4v) is 1.46. The van der Waals surface area contributed by atoms with E-state index >= 15 is 0 Å². The van der Waals surface area contributed by atoms with E-state index in [2.05, 4.69) is 0 Å². The topological polar surface area (TPSA) is 93.1 Å². The minimum absolute atomic E-state index is 0.0512. The van der Waals surface area contributed by atoms with Gasteiger partial charge in [-0.3, -0.25) is 9.59 Å². The molecule has 1 amide bonds. The van der Waals surface area contributed by atoms with Crippen molar-refractivity contribution < 1.29 is 29.0 Å². The second kappa shape index (κ2) is 6.95. The maximum absolute atomic E-state index is 11.7. The third kappa shape index (κ3) is 5.13. The molecule has 0 saturated heterocycles. The van der Waals surface area contributed by atoms with Gasteiger partial charge in [-0.2, -0.15) is 0 Å². The molecule has 0 bridgehead atoms. The number of carbonyl (C=O) groups excluding carboxylic acids is 2. The molecule has 1 fully saturated rings. The van der Waals surface area contributed by atoms with Crippen molar-refractivity contribution in [3.05, 3.63) is 0 Å². The van der Waals surface area contributed by atoms with Crippen LogP contribution in [0.2, 0.25) is 0 Å². The predicted molar refractivity (Wildman–Crippen MR) is 59.8 cm³/mol. The minimum Gasteiger partial charge on any atom is -0.480 e. The van der Waals surface area contributed by atoms with E-state index in [1.807, 2.05) is 0 Å². The van der Waals surface area contributed by atoms with Crippen molar-refractivity contribution in [2.45, 2.75) is 25.8 Å². The summed E-state index contributed by atoms with van der Waals surface area (Å²) >= 11 is 0. The minimum atomic E-state index is -1.13. The summed E-state index contributed by atoms with van der Waals surface area (Å²) < 4.78 is 9.49. The summed E-state index contributed by atoms with van der Waals surface area (Å²) in [7, 11) is 0. The van der Waals surface area contributed by atoms with Gasteiger partial charge in [0.2, 0.25) is 5.91 Å². The Hall–Kier alpha value is -1.63. The fourth-order valence-electron chi connectivity index (χ4n) is 1.46. The van der Waals surface area contributed by atoms with Gasteiger partial charge in [-0.15, -0.1) is 0 Å². The lowest BCUT2D eigenvalue weighted by Gasteiger charge is -2.20. The van der Waals surface area contributed by atoms with Crippen LogP contribution in [0.4, 0.5) is 0 Å². The standard InChI is InChI=1S/C11H17NO6/c1-2-18-11(16)5-12(8-3-4-8)9(13)6-17-7-10(14)15/h8H,2-7H2,1H3,(H,14,15). The van der Waals surface area contributed by atoms with Crippen molar-refractivity contribution in [2.24, 2.45) is 0 Å². The lowest BCUT2D eigenvalue weighted by molar-refractivity contribution is -0.152. The normalized spacial score (nSPS) is 14.1. The summed E-state index contributed by atoms with van der Waals surface area (Å²) in [6.07, 6.45) is 1.70. The summed E-state index contributed by atoms with van der Waals surface area (Å²) in [5.41, 5.74) is 0. The lowest BCUT2D eigenvalue weighted by Crippen LogP contribution is -2.40. The molecule has 1 N–H and O–H groups in total. The summed E-state index contributed by atoms with van der Waals surface area (Å²) in [4.78, 5) is 34.7. The van der Waals surface area contributed by atoms with E-state index in [1.165, 1.54) is 4.90 Å². The van der Waals surface area contributed by atoms with Crippen LogP contribution in [0.15, 0.2) is 0 Å². The Labute approximate surface area is 105 Å². The second-order valence-electron chi connectivity index (χ2n) is 3.94. The van der Waals surface area contributed by atoms with E-state index < -0.39 is 18.5 Å². The molecule has 1 aliphatic carbocycles. The Bertz CT molecular complexity index is 325. The van der Waals surface area contributed by atoms with Crippen LogP contribution < -0.4 is 0 Å². The van der Waals surface area contributed by atoms with Crippen LogP contribution in [0.1, 0.15) is 19.8 Å². The molecule has 1 saturated carbocycles. The first-order valence-corrected chi connectivity index (χ1v) is 5.79. The van der Waals surface area contributed by atoms with Crippen molar-refractivity contribution in [3.63, 3.8) is 0 Å². The van der Waals surface area contributed by atoms with Gasteiger partial charge in [-0.05, 0) is 19.8 Å². The van der Waals surface area contributed by atoms with Crippen LogP contribution in [0.3, 0.4) is 0 Å². The van der Waals surface area contributed by atoms with Crippen molar-refractivity contribution >= 4 is 17.8 Å². The highest BCUT2D eigenvalue weighted by molar-refractivity contribution is 5.83. The Morgan fingerprint density at radius 1 is 1.28 bits per heavy atom. The number of amides is 1. The van der Waals surface area contributed by atoms with Gasteiger partial charge in [-0.25, -0.2) is 4.79 Å². The van der Waals surface area contributed by atoms with E-state index in [9.17, 15) is 14.4 Å². The zero-order valence-electron chi connectivity index (χ0n) is 10.3. The van der Waals surface area contributed by atoms with Crippen molar-refractivity contribution in [2.75, 3.05) is 26.4 Å². The Balaban J connectivity index is 2.38. The number of aliphatic carboxylic acids is 1. The molecule has 0 unspecified atom stereocenters. The third-order valence-electron chi connectivity index (χ3n) is 2.36. The van der Waals surface area contributed by atoms with E-state index in [-0.39, 0.29) is 31.7 Å². The Morgan fingerprint density at radius 3 is 2.44 bits per heavy atom. The van der Waals surface area contributed by atoms with E-state index in [0.717, 1.165) is 12.8 Å². The monoisotopic (exact) mass is 259 g/mol. The van der Waals surface area contributed by atoms with Crippen LogP contribution in [0, 0.1) is 0 Å². The number of hydrogen-bond donors (Lipinski definition) is 1. The van der Waals surface area contributed by atoms with Gasteiger partial charge in [0.05, 0.1) is 6.61 Å². The number of carboxylic acid groups (broad SMARTS) is 1. The predicted octanol–water partition coefficient (Wildman–Crippen LogP) is -0.358. The summed E-state index contributed by atoms with van der Waals surface area (Å²) in [6.45, 7) is 0.998. The van der Waals surface area contributed by atoms with Crippen molar-refractivity contribution in [1.29, 1.82) is 0 Å². The van der Waals surface area contributed by atoms with Gasteiger partial charge >= 0.3 is 11.9 Å². The SMILES string of the molecule is CCOC(=O)CN(C(=O)COCC(=O)O)C1CC1. The fraction of sp³-hybridized carbons (Fsp3) is 0.727. The van der Waals surface area contributed by atoms with Crippen LogP contribution in [-0.2, 0) is 23.9 Å². The highest BCUT2D eigenvalue weighted by atomic mass is 16.5. The lowest BCUT2D eigenvalue weighted by atomic mass is 10.4. The van der Waals surface area contributed by atoms with Crippen LogP contribution in [0.5, 0.6) is 0 Å². The van der Waals surface area contributed by atoms with Crippen LogP contribution in [0.25, 0.3) is 0 Å². The molecule has 1 rings (SSSR count). The first-order valence-electron chi connectivity index (χ1n) is 5.79. The Morgan fingerprint density at radius 2 is 1.94 bits per heavy atom. The molecule has 0 radical (unpaired) electrons. The van der Waals surface area contributed by atoms with E-state index in [1.54, 1.807) is 6.92 Å². The zero-order valence-corrected chi connectivity index (χ0v) is 10.3. The molecule has 0 aromatic carbocycles. The molecular formula is C11H17NO6. The Kier molecular flexibility index (Phi) is 5.57. The molecule has 7 nitrogen and oxygen atoms in total. The average molecular weight is 259 g/mol. The quantitative estimate of drug-likeness (QED) is 0.598. The molecule has 1 aliphatic rings. The number of hydrogen-bond acceptors (Lipinski definition) is 5. The largest absolute Gasteiger partial charge is 0.480 e. The number of ether oxygens (including phenoxy) is 2. The van der Waals surface area contributed by atoms with Crippen LogP contribution >= 0.6 is 0 Å². The second-order valence-corrected chi connectivity index (χ2v) is 3.94. The number of carbonyl (C=O) groups is 3. The molecule has 0 spiro atoms. The maximum atomic E-state index is 11.7. The van der Waals surface area contributed by atoms with Crippen molar-refractivity contribution in [3.8, 4) is 0 Å². The van der Waals surface area contributed by atoms with Gasteiger partial charge in [0.15, 0.2) is 0 Å². The van der Waals surface area contributed by atoms with Gasteiger partial charge in [-0.1, -0.05) is 0 Å². The molecule has 0 aromatic rings. The summed E-state index contributed by atoms with van der Waals surface area (Å²) in [5, 5.41) is 8.38. The number of esters is 1. The molecular weight excluding hydrogens is 242 g/mol. The third-order valence-corrected chi connectivity index (χ3v) is 2.36. The molecule has 7 heteroatoms. The van der Waals surface area contributed by atoms with Crippen LogP contribution in [-0.4, -0.2) is 60.3 Å². The summed E-state index contributed by atoms with van der Waals surface area (Å²) in [6, 6.07) is 0.0512. The molecule has 18 heavy (non-hydrogen) atoms. The molecule has 0 heterocycles. The van der Waals surface area contributed by atoms with Gasteiger partial charge in [0, 0.05) is 6.04 Å². The first-order chi connectivity index (χ1) is 8.54. The van der Waals surface area contributed by atoms with Gasteiger partial charge < -0.3 is 19.5 Å². The molecule has 0 atom stereocenters. The van der Waals surface area contributed by atoms with Gasteiger partial charge in [0.1, 0.15) is 19.8 Å². The number of carboxylic acids is 1. The average Bonchev–Trinajstić information content (AvgIpc) is 3.09. The highest BCUT2D eigenvalue weighted by Gasteiger charge is 2.34. The highest BCUT2D eigenvalue weighted by Crippen LogP contribution is 2.26. The molecule has 0 aromatic heterocycles. The maximum Gasteiger partial charge on any atom is 0.329 e. The van der Waals surface area contributed by atoms with Crippen molar-refractivity contribution in [1.82, 2.24) is 4.90 Å². The molecule has 0 aliphatic heterocycles. The molecule has 102 valence electrons. The number of rotatable bonds is 8. The smallest absolute Gasteiger partial charge is 0.329 e. The van der Waals surface area contributed by atoms with E-state index in [0.29, 0.717) is 0 Å². The zero-order chi connectivity index (χ0) is 13.5. The summed E-state index contributed by atoms with van der Waals surface area (Å²) in [5.74, 6) is -1.98. The van der Waals surface area contributed by atoms with E-state index in [4.69, 9.17) is 14.6 Å². The number of nitrogens with zero attached hydrogens (tertiary/aromatic N) is 1.